The smallest absolute Gasteiger partial charge is 0.275 e. The molecule has 0 aliphatic carbocycles. The summed E-state index contributed by atoms with van der Waals surface area (Å²) in [6.07, 6.45) is 1.89. The monoisotopic (exact) mass is 418 g/mol. The predicted octanol–water partition coefficient (Wildman–Crippen LogP) is 3.66. The number of aromatic amines is 1. The van der Waals surface area contributed by atoms with Crippen LogP contribution in [0.15, 0.2) is 42.6 Å². The summed E-state index contributed by atoms with van der Waals surface area (Å²) < 4.78 is 0. The number of thiazole rings is 1. The van der Waals surface area contributed by atoms with Crippen LogP contribution in [0.3, 0.4) is 0 Å². The van der Waals surface area contributed by atoms with Crippen LogP contribution >= 0.6 is 11.3 Å². The predicted molar refractivity (Wildman–Crippen MR) is 119 cm³/mol. The number of amides is 1. The fraction of sp³-hybridized carbons (Fsp3) is 0.273. The quantitative estimate of drug-likeness (QED) is 0.549. The summed E-state index contributed by atoms with van der Waals surface area (Å²) in [5.41, 5.74) is 3.49. The van der Waals surface area contributed by atoms with E-state index in [0.717, 1.165) is 46.1 Å². The number of benzene rings is 1. The highest BCUT2D eigenvalue weighted by molar-refractivity contribution is 7.15. The van der Waals surface area contributed by atoms with E-state index in [1.807, 2.05) is 48.4 Å². The lowest BCUT2D eigenvalue weighted by Gasteiger charge is -2.35. The van der Waals surface area contributed by atoms with E-state index < -0.39 is 0 Å². The van der Waals surface area contributed by atoms with Gasteiger partial charge in [0.05, 0.1) is 11.2 Å². The van der Waals surface area contributed by atoms with Crippen molar-refractivity contribution in [2.75, 3.05) is 31.1 Å². The highest BCUT2D eigenvalue weighted by Gasteiger charge is 2.25. The first-order valence-electron chi connectivity index (χ1n) is 9.98. The van der Waals surface area contributed by atoms with Crippen LogP contribution in [-0.4, -0.2) is 57.2 Å². The topological polar surface area (TPSA) is 78.0 Å². The molecule has 0 unspecified atom stereocenters. The molecule has 3 aromatic heterocycles. The summed E-state index contributed by atoms with van der Waals surface area (Å²) >= 11 is 1.69. The molecular weight excluding hydrogens is 396 g/mol. The first kappa shape index (κ1) is 18.7. The fourth-order valence-electron chi connectivity index (χ4n) is 3.71. The second-order valence-corrected chi connectivity index (χ2v) is 8.67. The molecule has 5 rings (SSSR count). The first-order chi connectivity index (χ1) is 14.6. The number of aromatic nitrogens is 4. The van der Waals surface area contributed by atoms with Crippen LogP contribution < -0.4 is 4.90 Å². The minimum absolute atomic E-state index is 0.0232. The number of fused-ring (bicyclic) bond motifs is 1. The number of anilines is 1. The van der Waals surface area contributed by atoms with E-state index in [4.69, 9.17) is 0 Å². The maximum atomic E-state index is 13.0. The molecule has 1 aliphatic rings. The number of carbonyl (C=O) groups excluding carboxylic acids is 1. The largest absolute Gasteiger partial charge is 0.353 e. The lowest BCUT2D eigenvalue weighted by Crippen LogP contribution is -2.49. The minimum atomic E-state index is -0.0232. The molecule has 0 radical (unpaired) electrons. The average molecular weight is 419 g/mol. The maximum absolute atomic E-state index is 13.0. The molecule has 8 heteroatoms. The van der Waals surface area contributed by atoms with E-state index in [1.54, 1.807) is 11.3 Å². The molecule has 0 bridgehead atoms. The molecule has 4 aromatic rings. The van der Waals surface area contributed by atoms with Crippen molar-refractivity contribution in [2.24, 2.45) is 0 Å². The third kappa shape index (κ3) is 3.33. The zero-order chi connectivity index (χ0) is 20.7. The van der Waals surface area contributed by atoms with Crippen molar-refractivity contribution in [3.63, 3.8) is 0 Å². The Labute approximate surface area is 178 Å². The van der Waals surface area contributed by atoms with Gasteiger partial charge in [0.15, 0.2) is 5.69 Å². The number of nitrogens with one attached hydrogen (secondary N) is 1. The molecule has 152 valence electrons. The summed E-state index contributed by atoms with van der Waals surface area (Å²) in [5.74, 6) is 0.908. The normalized spacial score (nSPS) is 14.5. The average Bonchev–Trinajstić information content (AvgIpc) is 3.37. The third-order valence-corrected chi connectivity index (χ3v) is 6.71. The van der Waals surface area contributed by atoms with Crippen LogP contribution in [0.4, 0.5) is 5.82 Å². The van der Waals surface area contributed by atoms with E-state index in [-0.39, 0.29) is 5.91 Å². The van der Waals surface area contributed by atoms with Gasteiger partial charge in [-0.15, -0.1) is 11.3 Å². The standard InChI is InChI=1S/C22H22N6OS/c1-14-15(2)30-21(24-14)16-7-8-19(23-13-16)27-9-11-28(12-10-27)22(29)20-17-5-3-4-6-18(17)25-26-20/h3-8,13H,9-12H2,1-2H3,(H,25,26). The van der Waals surface area contributed by atoms with E-state index in [1.165, 1.54) is 4.88 Å². The Morgan fingerprint density at radius 3 is 2.57 bits per heavy atom. The molecule has 1 amide bonds. The van der Waals surface area contributed by atoms with Crippen molar-refractivity contribution < 1.29 is 4.79 Å². The van der Waals surface area contributed by atoms with Crippen molar-refractivity contribution in [1.29, 1.82) is 0 Å². The van der Waals surface area contributed by atoms with Gasteiger partial charge in [-0.25, -0.2) is 9.97 Å². The van der Waals surface area contributed by atoms with Gasteiger partial charge in [0.1, 0.15) is 10.8 Å². The molecule has 1 N–H and O–H groups in total. The van der Waals surface area contributed by atoms with Gasteiger partial charge in [-0.05, 0) is 32.0 Å². The van der Waals surface area contributed by atoms with Crippen LogP contribution in [0.25, 0.3) is 21.5 Å². The third-order valence-electron chi connectivity index (χ3n) is 5.59. The Kier molecular flexibility index (Phi) is 4.71. The van der Waals surface area contributed by atoms with Crippen LogP contribution in [-0.2, 0) is 0 Å². The number of para-hydroxylation sites is 1. The number of nitrogens with zero attached hydrogens (tertiary/aromatic N) is 5. The number of aryl methyl sites for hydroxylation is 2. The zero-order valence-corrected chi connectivity index (χ0v) is 17.7. The van der Waals surface area contributed by atoms with Gasteiger partial charge >= 0.3 is 0 Å². The first-order valence-corrected chi connectivity index (χ1v) is 10.8. The van der Waals surface area contributed by atoms with Crippen molar-refractivity contribution in [2.45, 2.75) is 13.8 Å². The van der Waals surface area contributed by atoms with Gasteiger partial charge in [0, 0.05) is 48.2 Å². The Morgan fingerprint density at radius 2 is 1.87 bits per heavy atom. The zero-order valence-electron chi connectivity index (χ0n) is 16.9. The second kappa shape index (κ2) is 7.53. The van der Waals surface area contributed by atoms with Gasteiger partial charge in [-0.2, -0.15) is 5.10 Å². The Bertz CT molecular complexity index is 1180. The second-order valence-electron chi connectivity index (χ2n) is 7.46. The fourth-order valence-corrected chi connectivity index (χ4v) is 4.62. The van der Waals surface area contributed by atoms with Crippen molar-refractivity contribution in [3.05, 3.63) is 58.9 Å². The van der Waals surface area contributed by atoms with Crippen LogP contribution in [0.1, 0.15) is 21.1 Å². The molecule has 1 aliphatic heterocycles. The molecule has 30 heavy (non-hydrogen) atoms. The van der Waals surface area contributed by atoms with Crippen LogP contribution in [0.2, 0.25) is 0 Å². The van der Waals surface area contributed by atoms with E-state index in [9.17, 15) is 4.79 Å². The molecule has 7 nitrogen and oxygen atoms in total. The van der Waals surface area contributed by atoms with Crippen molar-refractivity contribution >= 4 is 34.0 Å². The Morgan fingerprint density at radius 1 is 1.07 bits per heavy atom. The SMILES string of the molecule is Cc1nc(-c2ccc(N3CCN(C(=O)c4n[nH]c5ccccc45)CC3)nc2)sc1C. The number of piperazine rings is 1. The summed E-state index contributed by atoms with van der Waals surface area (Å²) in [6.45, 7) is 6.91. The van der Waals surface area contributed by atoms with E-state index >= 15 is 0 Å². The van der Waals surface area contributed by atoms with Gasteiger partial charge in [-0.3, -0.25) is 9.89 Å². The van der Waals surface area contributed by atoms with Gasteiger partial charge in [0.2, 0.25) is 0 Å². The van der Waals surface area contributed by atoms with Crippen molar-refractivity contribution in [1.82, 2.24) is 25.1 Å². The number of carbonyl (C=O) groups is 1. The molecule has 1 saturated heterocycles. The molecule has 0 spiro atoms. The summed E-state index contributed by atoms with van der Waals surface area (Å²) in [6, 6.07) is 11.8. The Hall–Kier alpha value is -3.26. The van der Waals surface area contributed by atoms with Crippen LogP contribution in [0, 0.1) is 13.8 Å². The minimum Gasteiger partial charge on any atom is -0.353 e. The molecule has 4 heterocycles. The molecule has 0 atom stereocenters. The van der Waals surface area contributed by atoms with Gasteiger partial charge in [0.25, 0.3) is 5.91 Å². The Balaban J connectivity index is 1.26. The summed E-state index contributed by atoms with van der Waals surface area (Å²) in [5, 5.41) is 9.07. The number of pyridine rings is 1. The van der Waals surface area contributed by atoms with Gasteiger partial charge < -0.3 is 9.80 Å². The lowest BCUT2D eigenvalue weighted by atomic mass is 10.2. The molecular formula is C22H22N6OS. The highest BCUT2D eigenvalue weighted by Crippen LogP contribution is 2.28. The molecule has 1 fully saturated rings. The van der Waals surface area contributed by atoms with E-state index in [0.29, 0.717) is 18.8 Å². The number of H-pyrrole nitrogens is 1. The molecule has 1 aromatic carbocycles. The number of hydrogen-bond acceptors (Lipinski definition) is 6. The molecule has 0 saturated carbocycles. The number of rotatable bonds is 3. The van der Waals surface area contributed by atoms with E-state index in [2.05, 4.69) is 38.1 Å². The van der Waals surface area contributed by atoms with Gasteiger partial charge in [-0.1, -0.05) is 18.2 Å². The maximum Gasteiger partial charge on any atom is 0.275 e. The highest BCUT2D eigenvalue weighted by atomic mass is 32.1. The van der Waals surface area contributed by atoms with Crippen molar-refractivity contribution in [3.8, 4) is 10.6 Å². The number of hydrogen-bond donors (Lipinski definition) is 1. The summed E-state index contributed by atoms with van der Waals surface area (Å²) in [7, 11) is 0. The summed E-state index contributed by atoms with van der Waals surface area (Å²) in [4.78, 5) is 27.5. The van der Waals surface area contributed by atoms with Crippen LogP contribution in [0.5, 0.6) is 0 Å². The lowest BCUT2D eigenvalue weighted by molar-refractivity contribution is 0.0742.